The molecule has 4 aromatic rings. The van der Waals surface area contributed by atoms with Crippen LogP contribution in [-0.4, -0.2) is 90.3 Å². The van der Waals surface area contributed by atoms with Crippen LogP contribution >= 0.6 is 22.9 Å². The van der Waals surface area contributed by atoms with Gasteiger partial charge in [-0.2, -0.15) is 15.2 Å². The van der Waals surface area contributed by atoms with Crippen LogP contribution < -0.4 is 15.0 Å². The molecule has 16 heteroatoms. The second-order valence-electron chi connectivity index (χ2n) is 15.1. The molecule has 2 aromatic carbocycles. The molecule has 2 fully saturated rings. The van der Waals surface area contributed by atoms with Crippen LogP contribution in [-0.2, 0) is 9.47 Å². The Morgan fingerprint density at radius 3 is 2.68 bits per heavy atom. The van der Waals surface area contributed by atoms with Gasteiger partial charge in [-0.25, -0.2) is 18.0 Å². The Bertz CT molecular complexity index is 2170. The van der Waals surface area contributed by atoms with Gasteiger partial charge in [0.15, 0.2) is 5.82 Å². The number of amides is 1. The third-order valence-corrected chi connectivity index (χ3v) is 10.6. The van der Waals surface area contributed by atoms with Gasteiger partial charge in [0.25, 0.3) is 0 Å². The van der Waals surface area contributed by atoms with Crippen LogP contribution in [0, 0.1) is 28.4 Å². The van der Waals surface area contributed by atoms with E-state index in [1.807, 2.05) is 20.0 Å². The van der Waals surface area contributed by atoms with E-state index in [1.54, 1.807) is 32.6 Å². The molecule has 6 rings (SSSR count). The summed E-state index contributed by atoms with van der Waals surface area (Å²) in [6.07, 6.45) is 0.268. The van der Waals surface area contributed by atoms with Gasteiger partial charge in [0.2, 0.25) is 0 Å². The highest BCUT2D eigenvalue weighted by molar-refractivity contribution is 7.23. The van der Waals surface area contributed by atoms with E-state index < -0.39 is 34.3 Å². The molecule has 11 nitrogen and oxygen atoms in total. The average Bonchev–Trinajstić information content (AvgIpc) is 3.30. The Morgan fingerprint density at radius 2 is 1.98 bits per heavy atom. The number of carbonyl (C=O) groups excluding carboxylic acids is 1. The van der Waals surface area contributed by atoms with Crippen LogP contribution in [0.5, 0.6) is 6.01 Å². The Balaban J connectivity index is 1.53. The van der Waals surface area contributed by atoms with Crippen molar-refractivity contribution in [2.45, 2.75) is 52.2 Å². The number of piperidine rings is 1. The van der Waals surface area contributed by atoms with E-state index in [1.165, 1.54) is 12.1 Å². The number of thiophene rings is 1. The number of likely N-dealkylation sites (tertiary alicyclic amines) is 1. The largest absolute Gasteiger partial charge is 0.462 e. The first-order valence-corrected chi connectivity index (χ1v) is 18.1. The highest BCUT2D eigenvalue weighted by Gasteiger charge is 2.37. The van der Waals surface area contributed by atoms with Gasteiger partial charge in [-0.15, -0.1) is 11.3 Å². The molecule has 2 aliphatic heterocycles. The Kier molecular flexibility index (Phi) is 10.6. The van der Waals surface area contributed by atoms with E-state index in [9.17, 15) is 19.6 Å². The predicted octanol–water partition coefficient (Wildman–Crippen LogP) is 7.82. The quantitative estimate of drug-likeness (QED) is 0.200. The summed E-state index contributed by atoms with van der Waals surface area (Å²) in [5, 5.41) is 23.9. The fourth-order valence-corrected chi connectivity index (χ4v) is 8.15. The summed E-state index contributed by atoms with van der Waals surface area (Å²) < 4.78 is 64.8. The number of aliphatic hydroxyl groups is 1. The van der Waals surface area contributed by atoms with E-state index in [-0.39, 0.29) is 87.7 Å². The van der Waals surface area contributed by atoms with Crippen LogP contribution in [0.1, 0.15) is 46.6 Å². The number of anilines is 2. The molecular weight excluding hydrogens is 733 g/mol. The van der Waals surface area contributed by atoms with E-state index >= 15 is 8.78 Å². The zero-order chi connectivity index (χ0) is 38.5. The molecule has 2 atom stereocenters. The number of hydrogen-bond acceptors (Lipinski definition) is 11. The molecular formula is C37H40ClF3N6O5S. The van der Waals surface area contributed by atoms with Gasteiger partial charge in [-0.3, -0.25) is 5.32 Å². The molecule has 0 saturated carbocycles. The van der Waals surface area contributed by atoms with E-state index in [2.05, 4.69) is 20.2 Å². The van der Waals surface area contributed by atoms with Crippen LogP contribution in [0.3, 0.4) is 0 Å². The molecule has 0 spiro atoms. The minimum absolute atomic E-state index is 0.0371. The maximum atomic E-state index is 17.2. The molecule has 0 aliphatic carbocycles. The fraction of sp³-hybridized carbons (Fsp3) is 0.459. The lowest BCUT2D eigenvalue weighted by molar-refractivity contribution is -0.0123. The van der Waals surface area contributed by atoms with Gasteiger partial charge < -0.3 is 29.1 Å². The van der Waals surface area contributed by atoms with Crippen molar-refractivity contribution < 1.29 is 37.3 Å². The summed E-state index contributed by atoms with van der Waals surface area (Å²) in [5.41, 5.74) is -3.36. The molecule has 2 saturated heterocycles. The zero-order valence-corrected chi connectivity index (χ0v) is 31.8. The molecule has 4 heterocycles. The second kappa shape index (κ2) is 14.6. The number of ether oxygens (including phenoxy) is 3. The summed E-state index contributed by atoms with van der Waals surface area (Å²) in [6, 6.07) is 5.76. The molecule has 1 amide bonds. The average molecular weight is 773 g/mol. The molecule has 282 valence electrons. The highest BCUT2D eigenvalue weighted by atomic mass is 35.5. The normalized spacial score (nSPS) is 22.2. The molecule has 53 heavy (non-hydrogen) atoms. The highest BCUT2D eigenvalue weighted by Crippen LogP contribution is 2.47. The minimum Gasteiger partial charge on any atom is -0.462 e. The third kappa shape index (κ3) is 7.88. The van der Waals surface area contributed by atoms with Crippen molar-refractivity contribution in [1.82, 2.24) is 14.9 Å². The smallest absolute Gasteiger partial charge is 0.412 e. The number of nitrogens with one attached hydrogen (secondary N) is 1. The van der Waals surface area contributed by atoms with Crippen LogP contribution in [0.15, 0.2) is 30.1 Å². The molecule has 0 unspecified atom stereocenters. The van der Waals surface area contributed by atoms with E-state index in [4.69, 9.17) is 25.8 Å². The Hall–Kier alpha value is -4.20. The standard InChI is InChI=1S/C37H40ClF3N6O5S/c1-35(2,3)52-34(48)45-32-22(15-42)26-25(53-32)8-7-24(40)28(26)27-23(38)13-21-30(29(27)41)43-33(44-31(21)47-11-12-50-19-37(5,49)17-47)51-18-36(4)16-46(6)10-9-20(36)14-39/h7-8,13-14,49H,9-12,16-19H2,1-6H3,(H,45,48)/b20-14+/t36-,37-/m0/s1. The molecule has 0 bridgehead atoms. The number of nitrogens with zero attached hydrogens (tertiary/aromatic N) is 5. The van der Waals surface area contributed by atoms with Gasteiger partial charge in [-0.05, 0) is 64.9 Å². The van der Waals surface area contributed by atoms with Gasteiger partial charge in [0.1, 0.15) is 46.0 Å². The lowest BCUT2D eigenvalue weighted by Crippen LogP contribution is -2.44. The van der Waals surface area contributed by atoms with Crippen molar-refractivity contribution in [3.8, 4) is 23.2 Å². The van der Waals surface area contributed by atoms with Crippen LogP contribution in [0.4, 0.5) is 28.8 Å². The summed E-state index contributed by atoms with van der Waals surface area (Å²) in [7, 11) is 1.92. The number of carbonyl (C=O) groups is 1. The number of rotatable bonds is 6. The van der Waals surface area contributed by atoms with E-state index in [0.29, 0.717) is 36.1 Å². The number of fused-ring (bicyclic) bond motifs is 2. The van der Waals surface area contributed by atoms with Gasteiger partial charge in [0, 0.05) is 51.6 Å². The number of nitriles is 1. The second-order valence-corrected chi connectivity index (χ2v) is 16.5. The topological polar surface area (TPSA) is 133 Å². The first kappa shape index (κ1) is 38.5. The number of aromatic nitrogens is 2. The minimum atomic E-state index is -1.30. The fourth-order valence-electron chi connectivity index (χ4n) is 6.82. The van der Waals surface area contributed by atoms with Crippen molar-refractivity contribution in [3.05, 3.63) is 52.3 Å². The molecule has 0 radical (unpaired) electrons. The third-order valence-electron chi connectivity index (χ3n) is 9.18. The maximum Gasteiger partial charge on any atom is 0.412 e. The van der Waals surface area contributed by atoms with Crippen molar-refractivity contribution in [2.75, 3.05) is 63.3 Å². The van der Waals surface area contributed by atoms with Gasteiger partial charge in [-0.1, -0.05) is 18.5 Å². The molecule has 2 N–H and O–H groups in total. The summed E-state index contributed by atoms with van der Waals surface area (Å²) in [6.45, 7) is 10.2. The monoisotopic (exact) mass is 772 g/mol. The predicted molar refractivity (Wildman–Crippen MR) is 198 cm³/mol. The van der Waals surface area contributed by atoms with Crippen LogP contribution in [0.25, 0.3) is 32.1 Å². The number of benzene rings is 2. The number of halogens is 4. The zero-order valence-electron chi connectivity index (χ0n) is 30.2. The SMILES string of the molecule is CN1CC/C(=C\F)[C@](C)(COc2nc(N3CCOC[C@@](C)(O)C3)c3cc(Cl)c(-c4c(F)ccc5sc(NC(=O)OC(C)(C)C)c(C#N)c45)c(F)c3n2)C1. The number of hydrogen-bond donors (Lipinski definition) is 2. The first-order chi connectivity index (χ1) is 24.9. The lowest BCUT2D eigenvalue weighted by atomic mass is 9.78. The first-order valence-electron chi connectivity index (χ1n) is 16.9. The Morgan fingerprint density at radius 1 is 1.23 bits per heavy atom. The van der Waals surface area contributed by atoms with Gasteiger partial charge >= 0.3 is 12.1 Å². The van der Waals surface area contributed by atoms with Crippen molar-refractivity contribution >= 4 is 60.8 Å². The number of β-amino-alcohol motifs (C(OH)–C–C–N with tert-alkyl or cyclic N) is 1. The molecule has 2 aliphatic rings. The van der Waals surface area contributed by atoms with Gasteiger partial charge in [0.05, 0.1) is 36.7 Å². The van der Waals surface area contributed by atoms with Crippen molar-refractivity contribution in [1.29, 1.82) is 5.26 Å². The van der Waals surface area contributed by atoms with E-state index in [0.717, 1.165) is 17.4 Å². The maximum absolute atomic E-state index is 17.2. The van der Waals surface area contributed by atoms with Crippen LogP contribution in [0.2, 0.25) is 5.02 Å². The molecule has 2 aromatic heterocycles. The van der Waals surface area contributed by atoms with Crippen molar-refractivity contribution in [2.24, 2.45) is 5.41 Å². The summed E-state index contributed by atoms with van der Waals surface area (Å²) in [4.78, 5) is 25.6. The summed E-state index contributed by atoms with van der Waals surface area (Å²) >= 11 is 7.83. The lowest BCUT2D eigenvalue weighted by Gasteiger charge is -2.40. The van der Waals surface area contributed by atoms with Crippen molar-refractivity contribution in [3.63, 3.8) is 0 Å². The Labute approximate surface area is 313 Å². The summed E-state index contributed by atoms with van der Waals surface area (Å²) in [5.74, 6) is -1.71.